The Hall–Kier alpha value is -2.68. The van der Waals surface area contributed by atoms with Gasteiger partial charge in [0, 0.05) is 41.1 Å². The number of nitrogens with zero attached hydrogens (tertiary/aromatic N) is 2. The largest absolute Gasteiger partial charge is 0.378 e. The first kappa shape index (κ1) is 14.3. The van der Waals surface area contributed by atoms with Gasteiger partial charge in [-0.25, -0.2) is 0 Å². The molecule has 2 aromatic rings. The van der Waals surface area contributed by atoms with Crippen molar-refractivity contribution in [1.29, 1.82) is 0 Å². The standard InChI is InChI=1S/C19H19N2O/c1-20(2)17-10-7-15(8-11-17)9-12-19-18-6-4-3-5-16(18)13-14-21(19)22/h3-14,19H,1-2H3/q+1/b12-9+. The maximum atomic E-state index is 12.1. The molecule has 1 unspecified atom stereocenters. The fourth-order valence-corrected chi connectivity index (χ4v) is 2.59. The van der Waals surface area contributed by atoms with E-state index in [1.807, 2.05) is 56.6 Å². The minimum absolute atomic E-state index is 0.269. The predicted molar refractivity (Wildman–Crippen MR) is 91.6 cm³/mol. The van der Waals surface area contributed by atoms with Crippen LogP contribution in [0, 0.1) is 4.91 Å². The van der Waals surface area contributed by atoms with E-state index in [0.29, 0.717) is 0 Å². The zero-order chi connectivity index (χ0) is 15.5. The van der Waals surface area contributed by atoms with Crippen molar-refractivity contribution in [3.05, 3.63) is 82.4 Å². The Bertz CT molecular complexity index is 742. The lowest BCUT2D eigenvalue weighted by atomic mass is 9.97. The first-order chi connectivity index (χ1) is 10.6. The van der Waals surface area contributed by atoms with Gasteiger partial charge in [-0.1, -0.05) is 42.5 Å². The Kier molecular flexibility index (Phi) is 3.88. The molecule has 1 aliphatic heterocycles. The lowest BCUT2D eigenvalue weighted by molar-refractivity contribution is -0.514. The number of benzene rings is 2. The third-order valence-corrected chi connectivity index (χ3v) is 3.87. The highest BCUT2D eigenvalue weighted by Crippen LogP contribution is 2.28. The Balaban J connectivity index is 1.85. The maximum absolute atomic E-state index is 12.1. The fraction of sp³-hybridized carbons (Fsp3) is 0.158. The second-order valence-corrected chi connectivity index (χ2v) is 5.59. The van der Waals surface area contributed by atoms with Crippen LogP contribution in [-0.2, 0) is 0 Å². The highest BCUT2D eigenvalue weighted by atomic mass is 16.3. The van der Waals surface area contributed by atoms with Crippen molar-refractivity contribution in [2.24, 2.45) is 0 Å². The van der Waals surface area contributed by atoms with Crippen LogP contribution in [0.15, 0.2) is 60.8 Å². The molecule has 1 atom stereocenters. The predicted octanol–water partition coefficient (Wildman–Crippen LogP) is 4.27. The zero-order valence-electron chi connectivity index (χ0n) is 12.8. The van der Waals surface area contributed by atoms with Gasteiger partial charge in [0.2, 0.25) is 6.20 Å². The summed E-state index contributed by atoms with van der Waals surface area (Å²) in [7, 11) is 4.04. The van der Waals surface area contributed by atoms with Crippen molar-refractivity contribution >= 4 is 17.8 Å². The van der Waals surface area contributed by atoms with Crippen LogP contribution in [-0.4, -0.2) is 18.9 Å². The summed E-state index contributed by atoms with van der Waals surface area (Å²) < 4.78 is 0.993. The maximum Gasteiger partial charge on any atom is 0.251 e. The Morgan fingerprint density at radius 1 is 1.05 bits per heavy atom. The molecule has 1 aliphatic rings. The first-order valence-electron chi connectivity index (χ1n) is 7.33. The number of fused-ring (bicyclic) bond motifs is 1. The van der Waals surface area contributed by atoms with Crippen molar-refractivity contribution in [2.75, 3.05) is 19.0 Å². The molecule has 0 saturated heterocycles. The van der Waals surface area contributed by atoms with Gasteiger partial charge in [0.1, 0.15) is 0 Å². The monoisotopic (exact) mass is 291 g/mol. The number of hydrogen-bond acceptors (Lipinski definition) is 2. The van der Waals surface area contributed by atoms with Crippen LogP contribution in [0.3, 0.4) is 0 Å². The smallest absolute Gasteiger partial charge is 0.251 e. The normalized spacial score (nSPS) is 16.8. The van der Waals surface area contributed by atoms with E-state index in [4.69, 9.17) is 0 Å². The van der Waals surface area contributed by atoms with Gasteiger partial charge >= 0.3 is 0 Å². The Labute approximate surface area is 130 Å². The van der Waals surface area contributed by atoms with Gasteiger partial charge in [0.05, 0.1) is 0 Å². The number of rotatable bonds is 3. The summed E-state index contributed by atoms with van der Waals surface area (Å²) in [6.07, 6.45) is 7.41. The Morgan fingerprint density at radius 2 is 1.77 bits per heavy atom. The van der Waals surface area contributed by atoms with Crippen LogP contribution >= 0.6 is 0 Å². The molecular weight excluding hydrogens is 272 g/mol. The second-order valence-electron chi connectivity index (χ2n) is 5.59. The topological polar surface area (TPSA) is 23.3 Å². The van der Waals surface area contributed by atoms with Gasteiger partial charge in [-0.05, 0) is 29.3 Å². The number of hydrogen-bond donors (Lipinski definition) is 0. The van der Waals surface area contributed by atoms with Crippen LogP contribution in [0.2, 0.25) is 0 Å². The van der Waals surface area contributed by atoms with Gasteiger partial charge in [-0.15, -0.1) is 0 Å². The molecule has 110 valence electrons. The van der Waals surface area contributed by atoms with Crippen LogP contribution in [0.4, 0.5) is 5.69 Å². The summed E-state index contributed by atoms with van der Waals surface area (Å²) in [6, 6.07) is 16.0. The van der Waals surface area contributed by atoms with E-state index in [2.05, 4.69) is 29.2 Å². The molecule has 0 saturated carbocycles. The molecular formula is C19H19N2O+. The first-order valence-corrected chi connectivity index (χ1v) is 7.33. The van der Waals surface area contributed by atoms with Gasteiger partial charge in [0.15, 0.2) is 0 Å². The molecule has 3 heteroatoms. The van der Waals surface area contributed by atoms with E-state index >= 15 is 0 Å². The molecule has 0 radical (unpaired) electrons. The molecule has 0 aromatic heterocycles. The van der Waals surface area contributed by atoms with E-state index < -0.39 is 0 Å². The van der Waals surface area contributed by atoms with Crippen molar-refractivity contribution in [3.63, 3.8) is 0 Å². The molecule has 3 nitrogen and oxygen atoms in total. The summed E-state index contributed by atoms with van der Waals surface area (Å²) in [5.74, 6) is 0. The quantitative estimate of drug-likeness (QED) is 0.788. The average molecular weight is 291 g/mol. The van der Waals surface area contributed by atoms with Gasteiger partial charge in [-0.2, -0.15) is 0 Å². The van der Waals surface area contributed by atoms with E-state index in [1.54, 1.807) is 6.20 Å². The number of anilines is 1. The zero-order valence-corrected chi connectivity index (χ0v) is 12.8. The van der Waals surface area contributed by atoms with Crippen molar-refractivity contribution in [3.8, 4) is 0 Å². The third-order valence-electron chi connectivity index (χ3n) is 3.87. The minimum atomic E-state index is -0.269. The van der Waals surface area contributed by atoms with Crippen molar-refractivity contribution in [1.82, 2.24) is 0 Å². The molecule has 0 aliphatic carbocycles. The summed E-state index contributed by atoms with van der Waals surface area (Å²) >= 11 is 0. The van der Waals surface area contributed by atoms with Crippen LogP contribution in [0.25, 0.3) is 12.2 Å². The lowest BCUT2D eigenvalue weighted by Crippen LogP contribution is -2.13. The molecule has 0 bridgehead atoms. The lowest BCUT2D eigenvalue weighted by Gasteiger charge is -2.12. The summed E-state index contributed by atoms with van der Waals surface area (Å²) in [6.45, 7) is 0. The fourth-order valence-electron chi connectivity index (χ4n) is 2.59. The van der Waals surface area contributed by atoms with Crippen LogP contribution < -0.4 is 4.90 Å². The second kappa shape index (κ2) is 5.98. The number of nitroso groups, excluding NO2 is 1. The average Bonchev–Trinajstić information content (AvgIpc) is 2.54. The van der Waals surface area contributed by atoms with E-state index in [-0.39, 0.29) is 6.04 Å². The molecule has 22 heavy (non-hydrogen) atoms. The molecule has 3 rings (SSSR count). The molecule has 2 aromatic carbocycles. The highest BCUT2D eigenvalue weighted by Gasteiger charge is 2.28. The van der Waals surface area contributed by atoms with Gasteiger partial charge < -0.3 is 4.90 Å². The summed E-state index contributed by atoms with van der Waals surface area (Å²) in [5.41, 5.74) is 4.40. The molecule has 0 fully saturated rings. The summed E-state index contributed by atoms with van der Waals surface area (Å²) in [5, 5.41) is 0. The third kappa shape index (κ3) is 2.84. The SMILES string of the molecule is CN(C)c1ccc(/C=C/C2c3ccccc3C=C[N+]2=O)cc1. The van der Waals surface area contributed by atoms with E-state index in [0.717, 1.165) is 27.1 Å². The summed E-state index contributed by atoms with van der Waals surface area (Å²) in [4.78, 5) is 14.2. The van der Waals surface area contributed by atoms with Gasteiger partial charge in [-0.3, -0.25) is 0 Å². The highest BCUT2D eigenvalue weighted by molar-refractivity contribution is 5.59. The molecule has 0 N–H and O–H groups in total. The van der Waals surface area contributed by atoms with E-state index in [1.165, 1.54) is 0 Å². The molecule has 0 amide bonds. The van der Waals surface area contributed by atoms with Crippen LogP contribution in [0.1, 0.15) is 22.7 Å². The minimum Gasteiger partial charge on any atom is -0.378 e. The van der Waals surface area contributed by atoms with E-state index in [9.17, 15) is 4.91 Å². The van der Waals surface area contributed by atoms with Crippen molar-refractivity contribution in [2.45, 2.75) is 6.04 Å². The van der Waals surface area contributed by atoms with Crippen molar-refractivity contribution < 1.29 is 4.76 Å². The van der Waals surface area contributed by atoms with Gasteiger partial charge in [0.25, 0.3) is 6.04 Å². The molecule has 1 heterocycles. The Morgan fingerprint density at radius 3 is 2.50 bits per heavy atom. The molecule has 0 spiro atoms. The van der Waals surface area contributed by atoms with Crippen LogP contribution in [0.5, 0.6) is 0 Å².